The van der Waals surface area contributed by atoms with E-state index in [0.717, 1.165) is 12.1 Å². The van der Waals surface area contributed by atoms with Gasteiger partial charge < -0.3 is 10.4 Å². The van der Waals surface area contributed by atoms with Gasteiger partial charge in [-0.2, -0.15) is 0 Å². The molecule has 1 aromatic rings. The smallest absolute Gasteiger partial charge is 0.328 e. The maximum atomic E-state index is 13.2. The van der Waals surface area contributed by atoms with Crippen molar-refractivity contribution in [2.24, 2.45) is 0 Å². The van der Waals surface area contributed by atoms with Crippen molar-refractivity contribution in [2.75, 3.05) is 5.32 Å². The first kappa shape index (κ1) is 13.3. The van der Waals surface area contributed by atoms with Crippen molar-refractivity contribution in [1.82, 2.24) is 0 Å². The topological polar surface area (TPSA) is 66.4 Å². The number of hydrogen-bond acceptors (Lipinski definition) is 2. The van der Waals surface area contributed by atoms with Crippen molar-refractivity contribution in [3.8, 4) is 0 Å². The minimum Gasteiger partial charge on any atom is -0.478 e. The molecule has 1 rings (SSSR count). The van der Waals surface area contributed by atoms with Gasteiger partial charge in [0.1, 0.15) is 5.82 Å². The van der Waals surface area contributed by atoms with Gasteiger partial charge in [0.2, 0.25) is 5.91 Å². The van der Waals surface area contributed by atoms with Crippen molar-refractivity contribution in [1.29, 1.82) is 0 Å². The lowest BCUT2D eigenvalue weighted by Crippen LogP contribution is -2.11. The van der Waals surface area contributed by atoms with Crippen molar-refractivity contribution < 1.29 is 23.5 Å². The number of rotatable bonds is 3. The molecule has 7 heteroatoms. The van der Waals surface area contributed by atoms with E-state index >= 15 is 0 Å². The first-order valence-corrected chi connectivity index (χ1v) is 5.06. The first-order chi connectivity index (χ1) is 7.90. The quantitative estimate of drug-likeness (QED) is 0.842. The standard InChI is InChI=1S/C10H6BrF2NO3/c11-6-3-5(12)4-7(13)10(6)14-8(15)1-2-9(16)17/h1-4H,(H,14,15)(H,16,17)/b2-1+. The summed E-state index contributed by atoms with van der Waals surface area (Å²) in [7, 11) is 0. The number of anilines is 1. The molecular weight excluding hydrogens is 300 g/mol. The van der Waals surface area contributed by atoms with Crippen molar-refractivity contribution in [3.05, 3.63) is 40.4 Å². The Morgan fingerprint density at radius 2 is 1.94 bits per heavy atom. The minimum absolute atomic E-state index is 0.0204. The largest absolute Gasteiger partial charge is 0.478 e. The van der Waals surface area contributed by atoms with E-state index in [1.165, 1.54) is 0 Å². The number of hydrogen-bond donors (Lipinski definition) is 2. The molecule has 0 heterocycles. The van der Waals surface area contributed by atoms with Gasteiger partial charge in [0, 0.05) is 22.7 Å². The predicted octanol–water partition coefficient (Wildman–Crippen LogP) is 2.31. The lowest BCUT2D eigenvalue weighted by Gasteiger charge is -2.06. The second kappa shape index (κ2) is 5.53. The van der Waals surface area contributed by atoms with Crippen molar-refractivity contribution in [2.45, 2.75) is 0 Å². The fraction of sp³-hybridized carbons (Fsp3) is 0. The second-order valence-corrected chi connectivity index (χ2v) is 3.76. The molecule has 0 saturated carbocycles. The Hall–Kier alpha value is -1.76. The number of nitrogens with one attached hydrogen (secondary N) is 1. The van der Waals surface area contributed by atoms with E-state index in [2.05, 4.69) is 21.2 Å². The van der Waals surface area contributed by atoms with Crippen LogP contribution in [0.25, 0.3) is 0 Å². The predicted molar refractivity (Wildman–Crippen MR) is 59.5 cm³/mol. The van der Waals surface area contributed by atoms with Gasteiger partial charge in [-0.15, -0.1) is 0 Å². The zero-order chi connectivity index (χ0) is 13.0. The Kier molecular flexibility index (Phi) is 4.33. The highest BCUT2D eigenvalue weighted by Gasteiger charge is 2.11. The molecule has 1 amide bonds. The normalized spacial score (nSPS) is 10.5. The Balaban J connectivity index is 2.89. The van der Waals surface area contributed by atoms with Crippen LogP contribution in [0.15, 0.2) is 28.8 Å². The van der Waals surface area contributed by atoms with Gasteiger partial charge in [0.05, 0.1) is 5.69 Å². The van der Waals surface area contributed by atoms with Crippen LogP contribution in [0.1, 0.15) is 0 Å². The zero-order valence-corrected chi connectivity index (χ0v) is 9.79. The number of carboxylic acids is 1. The lowest BCUT2D eigenvalue weighted by atomic mass is 10.3. The van der Waals surface area contributed by atoms with E-state index in [1.54, 1.807) is 0 Å². The number of aliphatic carboxylic acids is 1. The van der Waals surface area contributed by atoms with E-state index in [-0.39, 0.29) is 10.2 Å². The molecule has 4 nitrogen and oxygen atoms in total. The fourth-order valence-corrected chi connectivity index (χ4v) is 1.48. The van der Waals surface area contributed by atoms with Crippen molar-refractivity contribution >= 4 is 33.5 Å². The van der Waals surface area contributed by atoms with E-state index in [1.807, 2.05) is 0 Å². The Morgan fingerprint density at radius 3 is 2.47 bits per heavy atom. The average molecular weight is 306 g/mol. The highest BCUT2D eigenvalue weighted by atomic mass is 79.9. The number of halogens is 3. The van der Waals surface area contributed by atoms with Crippen LogP contribution < -0.4 is 5.32 Å². The monoisotopic (exact) mass is 305 g/mol. The summed E-state index contributed by atoms with van der Waals surface area (Å²) < 4.78 is 26.0. The van der Waals surface area contributed by atoms with Gasteiger partial charge in [-0.05, 0) is 22.0 Å². The Labute approximate surface area is 103 Å². The first-order valence-electron chi connectivity index (χ1n) is 4.26. The molecule has 0 atom stereocenters. The van der Waals surface area contributed by atoms with E-state index in [9.17, 15) is 18.4 Å². The van der Waals surface area contributed by atoms with Crippen LogP contribution in [-0.2, 0) is 9.59 Å². The van der Waals surface area contributed by atoms with E-state index in [0.29, 0.717) is 12.1 Å². The van der Waals surface area contributed by atoms with Gasteiger partial charge in [-0.3, -0.25) is 4.79 Å². The van der Waals surface area contributed by atoms with Gasteiger partial charge in [-0.25, -0.2) is 13.6 Å². The summed E-state index contributed by atoms with van der Waals surface area (Å²) in [6.45, 7) is 0. The highest BCUT2D eigenvalue weighted by Crippen LogP contribution is 2.26. The second-order valence-electron chi connectivity index (χ2n) is 2.91. The van der Waals surface area contributed by atoms with Crippen LogP contribution in [-0.4, -0.2) is 17.0 Å². The van der Waals surface area contributed by atoms with Crippen LogP contribution in [0, 0.1) is 11.6 Å². The Bertz CT molecular complexity index is 479. The molecule has 0 saturated heterocycles. The van der Waals surface area contributed by atoms with Gasteiger partial charge in [-0.1, -0.05) is 0 Å². The molecule has 17 heavy (non-hydrogen) atoms. The molecular formula is C10H6BrF2NO3. The number of amides is 1. The van der Waals surface area contributed by atoms with Gasteiger partial charge >= 0.3 is 5.97 Å². The van der Waals surface area contributed by atoms with E-state index in [4.69, 9.17) is 5.11 Å². The third-order valence-electron chi connectivity index (χ3n) is 1.63. The van der Waals surface area contributed by atoms with Crippen LogP contribution >= 0.6 is 15.9 Å². The average Bonchev–Trinajstić information content (AvgIpc) is 2.20. The lowest BCUT2D eigenvalue weighted by molar-refractivity contribution is -0.131. The number of carboxylic acid groups (broad SMARTS) is 1. The molecule has 0 fully saturated rings. The SMILES string of the molecule is O=C(O)/C=C/C(=O)Nc1c(F)cc(F)cc1Br. The summed E-state index contributed by atoms with van der Waals surface area (Å²) in [5.41, 5.74) is -0.258. The maximum Gasteiger partial charge on any atom is 0.328 e. The van der Waals surface area contributed by atoms with Crippen LogP contribution in [0.4, 0.5) is 14.5 Å². The molecule has 90 valence electrons. The summed E-state index contributed by atoms with van der Waals surface area (Å²) >= 11 is 2.87. The highest BCUT2D eigenvalue weighted by molar-refractivity contribution is 9.10. The van der Waals surface area contributed by atoms with Crippen LogP contribution in [0.3, 0.4) is 0 Å². The summed E-state index contributed by atoms with van der Waals surface area (Å²) in [6, 6.07) is 1.57. The van der Waals surface area contributed by atoms with Gasteiger partial charge in [0.25, 0.3) is 0 Å². The molecule has 0 aliphatic heterocycles. The molecule has 0 radical (unpaired) electrons. The summed E-state index contributed by atoms with van der Waals surface area (Å²) in [5.74, 6) is -3.90. The number of carbonyl (C=O) groups is 2. The fourth-order valence-electron chi connectivity index (χ4n) is 0.973. The third-order valence-corrected chi connectivity index (χ3v) is 2.26. The number of carbonyl (C=O) groups excluding carboxylic acids is 1. The molecule has 0 aliphatic rings. The maximum absolute atomic E-state index is 13.2. The van der Waals surface area contributed by atoms with Crippen LogP contribution in [0.2, 0.25) is 0 Å². The Morgan fingerprint density at radius 1 is 1.29 bits per heavy atom. The van der Waals surface area contributed by atoms with E-state index < -0.39 is 23.5 Å². The molecule has 0 unspecified atom stereocenters. The molecule has 0 aromatic heterocycles. The molecule has 1 aromatic carbocycles. The summed E-state index contributed by atoms with van der Waals surface area (Å²) in [4.78, 5) is 21.3. The minimum atomic E-state index is -1.31. The molecule has 0 aliphatic carbocycles. The molecule has 2 N–H and O–H groups in total. The number of benzene rings is 1. The van der Waals surface area contributed by atoms with Gasteiger partial charge in [0.15, 0.2) is 5.82 Å². The summed E-state index contributed by atoms with van der Waals surface area (Å²) in [5, 5.41) is 10.4. The molecule has 0 bridgehead atoms. The van der Waals surface area contributed by atoms with Crippen molar-refractivity contribution in [3.63, 3.8) is 0 Å². The zero-order valence-electron chi connectivity index (χ0n) is 8.21. The third kappa shape index (κ3) is 3.95. The summed E-state index contributed by atoms with van der Waals surface area (Å²) in [6.07, 6.45) is 1.32. The van der Waals surface area contributed by atoms with Crippen LogP contribution in [0.5, 0.6) is 0 Å². The molecule has 0 spiro atoms.